The molecule has 32 heavy (non-hydrogen) atoms. The Bertz CT molecular complexity index is 1230. The van der Waals surface area contributed by atoms with E-state index in [0.717, 1.165) is 0 Å². The molecule has 0 spiro atoms. The van der Waals surface area contributed by atoms with Crippen LogP contribution in [0.2, 0.25) is 5.02 Å². The average Bonchev–Trinajstić information content (AvgIpc) is 2.73. The molecule has 1 aliphatic rings. The van der Waals surface area contributed by atoms with Gasteiger partial charge in [-0.05, 0) is 43.4 Å². The molecule has 4 N–H and O–H groups in total. The van der Waals surface area contributed by atoms with Gasteiger partial charge in [0, 0.05) is 23.7 Å². The number of rotatable bonds is 5. The lowest BCUT2D eigenvalue weighted by Crippen LogP contribution is -2.62. The SMILES string of the molecule is COc1cc2nccc(Oc3ccc(NC(=S)N4CC(C)(O)C4)c(Cl)c3)c2cc1C(N)=O. The van der Waals surface area contributed by atoms with Gasteiger partial charge in [-0.3, -0.25) is 9.78 Å². The Morgan fingerprint density at radius 1 is 1.28 bits per heavy atom. The number of aromatic nitrogens is 1. The third kappa shape index (κ3) is 4.40. The number of benzene rings is 2. The summed E-state index contributed by atoms with van der Waals surface area (Å²) >= 11 is 11.8. The van der Waals surface area contributed by atoms with Crippen molar-refractivity contribution in [1.82, 2.24) is 9.88 Å². The van der Waals surface area contributed by atoms with Gasteiger partial charge in [0.05, 0.1) is 47.6 Å². The molecule has 0 unspecified atom stereocenters. The number of amides is 1. The summed E-state index contributed by atoms with van der Waals surface area (Å²) in [4.78, 5) is 18.0. The number of likely N-dealkylation sites (tertiary alicyclic amines) is 1. The van der Waals surface area contributed by atoms with Crippen LogP contribution >= 0.6 is 23.8 Å². The highest BCUT2D eigenvalue weighted by molar-refractivity contribution is 7.80. The molecule has 0 aliphatic carbocycles. The number of nitrogens with two attached hydrogens (primary N) is 1. The Balaban J connectivity index is 1.57. The van der Waals surface area contributed by atoms with Crippen molar-refractivity contribution >= 4 is 51.4 Å². The molecule has 4 rings (SSSR count). The average molecular weight is 473 g/mol. The molecule has 2 aromatic carbocycles. The van der Waals surface area contributed by atoms with Crippen molar-refractivity contribution in [3.05, 3.63) is 53.2 Å². The van der Waals surface area contributed by atoms with Gasteiger partial charge in [-0.25, -0.2) is 0 Å². The van der Waals surface area contributed by atoms with Gasteiger partial charge in [-0.15, -0.1) is 0 Å². The molecule has 1 fully saturated rings. The molecule has 1 saturated heterocycles. The van der Waals surface area contributed by atoms with Crippen molar-refractivity contribution < 1.29 is 19.4 Å². The quantitative estimate of drug-likeness (QED) is 0.483. The number of nitrogens with one attached hydrogen (secondary N) is 1. The van der Waals surface area contributed by atoms with Gasteiger partial charge >= 0.3 is 0 Å². The fraction of sp³-hybridized carbons (Fsp3) is 0.227. The maximum atomic E-state index is 11.8. The Morgan fingerprint density at radius 3 is 2.66 bits per heavy atom. The van der Waals surface area contributed by atoms with Crippen LogP contribution in [0.5, 0.6) is 17.2 Å². The predicted octanol–water partition coefficient (Wildman–Crippen LogP) is 3.55. The number of pyridine rings is 1. The van der Waals surface area contributed by atoms with Gasteiger partial charge in [-0.1, -0.05) is 11.6 Å². The smallest absolute Gasteiger partial charge is 0.252 e. The first-order chi connectivity index (χ1) is 15.2. The maximum Gasteiger partial charge on any atom is 0.252 e. The van der Waals surface area contributed by atoms with Crippen molar-refractivity contribution in [1.29, 1.82) is 0 Å². The summed E-state index contributed by atoms with van der Waals surface area (Å²) < 4.78 is 11.3. The first-order valence-corrected chi connectivity index (χ1v) is 10.5. The van der Waals surface area contributed by atoms with Crippen molar-refractivity contribution in [2.24, 2.45) is 5.73 Å². The molecule has 0 radical (unpaired) electrons. The monoisotopic (exact) mass is 472 g/mol. The van der Waals surface area contributed by atoms with Crippen LogP contribution < -0.4 is 20.5 Å². The molecule has 8 nitrogen and oxygen atoms in total. The van der Waals surface area contributed by atoms with Gasteiger partial charge in [0.2, 0.25) is 0 Å². The minimum absolute atomic E-state index is 0.230. The van der Waals surface area contributed by atoms with Gasteiger partial charge < -0.3 is 30.5 Å². The molecule has 10 heteroatoms. The van der Waals surface area contributed by atoms with E-state index in [0.29, 0.717) is 57.1 Å². The number of carbonyl (C=O) groups excluding carboxylic acids is 1. The number of methoxy groups -OCH3 is 1. The largest absolute Gasteiger partial charge is 0.496 e. The zero-order chi connectivity index (χ0) is 23.0. The van der Waals surface area contributed by atoms with E-state index in [4.69, 9.17) is 39.0 Å². The van der Waals surface area contributed by atoms with E-state index in [1.165, 1.54) is 7.11 Å². The molecule has 0 bridgehead atoms. The number of anilines is 1. The normalized spacial score (nSPS) is 14.6. The molecule has 0 saturated carbocycles. The molecular weight excluding hydrogens is 452 g/mol. The van der Waals surface area contributed by atoms with Crippen molar-refractivity contribution in [2.45, 2.75) is 12.5 Å². The summed E-state index contributed by atoms with van der Waals surface area (Å²) in [7, 11) is 1.46. The summed E-state index contributed by atoms with van der Waals surface area (Å²) in [6.45, 7) is 2.69. The number of nitrogens with zero attached hydrogens (tertiary/aromatic N) is 2. The number of fused-ring (bicyclic) bond motifs is 1. The maximum absolute atomic E-state index is 11.8. The van der Waals surface area contributed by atoms with E-state index in [2.05, 4.69) is 10.3 Å². The zero-order valence-corrected chi connectivity index (χ0v) is 19.0. The lowest BCUT2D eigenvalue weighted by molar-refractivity contribution is -0.0484. The van der Waals surface area contributed by atoms with Crippen LogP contribution in [-0.2, 0) is 0 Å². The first kappa shape index (κ1) is 22.1. The number of primary amides is 1. The van der Waals surface area contributed by atoms with E-state index in [1.54, 1.807) is 49.5 Å². The fourth-order valence-electron chi connectivity index (χ4n) is 3.50. The summed E-state index contributed by atoms with van der Waals surface area (Å²) in [5.74, 6) is 0.696. The second-order valence-corrected chi connectivity index (χ2v) is 8.56. The van der Waals surface area contributed by atoms with E-state index >= 15 is 0 Å². The summed E-state index contributed by atoms with van der Waals surface area (Å²) in [5.41, 5.74) is 6.19. The highest BCUT2D eigenvalue weighted by Gasteiger charge is 2.37. The van der Waals surface area contributed by atoms with Gasteiger partial charge in [0.25, 0.3) is 5.91 Å². The zero-order valence-electron chi connectivity index (χ0n) is 17.4. The van der Waals surface area contributed by atoms with Crippen molar-refractivity contribution in [3.63, 3.8) is 0 Å². The van der Waals surface area contributed by atoms with Gasteiger partial charge in [-0.2, -0.15) is 0 Å². The van der Waals surface area contributed by atoms with E-state index in [-0.39, 0.29) is 5.56 Å². The second-order valence-electron chi connectivity index (χ2n) is 7.77. The van der Waals surface area contributed by atoms with Gasteiger partial charge in [0.1, 0.15) is 17.2 Å². The molecule has 3 aromatic rings. The summed E-state index contributed by atoms with van der Waals surface area (Å²) in [5, 5.41) is 14.5. The number of carbonyl (C=O) groups is 1. The second kappa shape index (κ2) is 8.42. The topological polar surface area (TPSA) is 110 Å². The van der Waals surface area contributed by atoms with E-state index in [1.807, 2.05) is 4.90 Å². The standard InChI is InChI=1S/C22H21ClN4O4S/c1-22(29)10-27(11-22)21(32)26-16-4-3-12(7-15(16)23)31-18-5-6-25-17-9-19(30-2)14(20(24)28)8-13(17)18/h3-9,29H,10-11H2,1-2H3,(H2,24,28)(H,26,32). The van der Waals surface area contributed by atoms with E-state index < -0.39 is 11.5 Å². The highest BCUT2D eigenvalue weighted by Crippen LogP contribution is 2.35. The Labute approximate surface area is 194 Å². The lowest BCUT2D eigenvalue weighted by atomic mass is 9.98. The summed E-state index contributed by atoms with van der Waals surface area (Å²) in [6, 6.07) is 10.1. The van der Waals surface area contributed by atoms with Crippen LogP contribution in [-0.4, -0.2) is 51.8 Å². The first-order valence-electron chi connectivity index (χ1n) is 9.69. The molecule has 1 amide bonds. The van der Waals surface area contributed by atoms with Crippen LogP contribution in [0.3, 0.4) is 0 Å². The van der Waals surface area contributed by atoms with Crippen LogP contribution in [0.25, 0.3) is 10.9 Å². The van der Waals surface area contributed by atoms with Crippen LogP contribution in [0.1, 0.15) is 17.3 Å². The molecule has 1 aliphatic heterocycles. The number of halogens is 1. The predicted molar refractivity (Wildman–Crippen MR) is 127 cm³/mol. The Morgan fingerprint density at radius 2 is 2.03 bits per heavy atom. The molecule has 166 valence electrons. The molecule has 0 atom stereocenters. The Hall–Kier alpha value is -3.14. The number of aliphatic hydroxyl groups is 1. The highest BCUT2D eigenvalue weighted by atomic mass is 35.5. The number of hydrogen-bond donors (Lipinski definition) is 3. The van der Waals surface area contributed by atoms with Crippen LogP contribution in [0.4, 0.5) is 5.69 Å². The lowest BCUT2D eigenvalue weighted by Gasteiger charge is -2.45. The third-order valence-corrected chi connectivity index (χ3v) is 5.72. The minimum atomic E-state index is -0.723. The number of ether oxygens (including phenoxy) is 2. The minimum Gasteiger partial charge on any atom is -0.496 e. The van der Waals surface area contributed by atoms with E-state index in [9.17, 15) is 9.90 Å². The fourth-order valence-corrected chi connectivity index (χ4v) is 3.96. The summed E-state index contributed by atoms with van der Waals surface area (Å²) in [6.07, 6.45) is 1.60. The number of β-amino-alcohol motifs (C(OH)–C–C–N with tert-alkyl or cyclic N) is 1. The van der Waals surface area contributed by atoms with Crippen molar-refractivity contribution in [3.8, 4) is 17.2 Å². The van der Waals surface area contributed by atoms with Gasteiger partial charge in [0.15, 0.2) is 5.11 Å². The van der Waals surface area contributed by atoms with Crippen molar-refractivity contribution in [2.75, 3.05) is 25.5 Å². The third-order valence-electron chi connectivity index (χ3n) is 5.05. The van der Waals surface area contributed by atoms with Crippen LogP contribution in [0.15, 0.2) is 42.6 Å². The molecular formula is C22H21ClN4O4S. The molecule has 1 aromatic heterocycles. The number of thiocarbonyl (C=S) groups is 1. The molecule has 2 heterocycles. The van der Waals surface area contributed by atoms with Crippen LogP contribution in [0, 0.1) is 0 Å². The Kier molecular flexibility index (Phi) is 5.81. The number of hydrogen-bond acceptors (Lipinski definition) is 6.